The van der Waals surface area contributed by atoms with Crippen LogP contribution in [0.1, 0.15) is 18.9 Å². The molecule has 7 heteroatoms. The molecule has 1 aromatic carbocycles. The van der Waals surface area contributed by atoms with E-state index in [-0.39, 0.29) is 11.4 Å². The van der Waals surface area contributed by atoms with Crippen molar-refractivity contribution in [3.8, 4) is 0 Å². The van der Waals surface area contributed by atoms with Gasteiger partial charge in [-0.2, -0.15) is 11.8 Å². The Morgan fingerprint density at radius 2 is 2.10 bits per heavy atom. The summed E-state index contributed by atoms with van der Waals surface area (Å²) >= 11 is 1.58. The van der Waals surface area contributed by atoms with Crippen LogP contribution in [0.5, 0.6) is 0 Å². The average molecular weight is 321 g/mol. The standard InChI is InChI=1S/C13H20FNO3S2/c1-10-8-11(14)4-5-12(10)20(17,18)15-9-13(2,16)6-7-19-3/h4-5,8,15-16H,6-7,9H2,1-3H3/t13-/m0/s1. The van der Waals surface area contributed by atoms with E-state index in [2.05, 4.69) is 4.72 Å². The van der Waals surface area contributed by atoms with E-state index in [1.165, 1.54) is 19.1 Å². The average Bonchev–Trinajstić information content (AvgIpc) is 2.34. The van der Waals surface area contributed by atoms with E-state index < -0.39 is 21.4 Å². The Hall–Kier alpha value is -0.630. The van der Waals surface area contributed by atoms with E-state index in [0.717, 1.165) is 11.8 Å². The second kappa shape index (κ2) is 6.89. The molecule has 114 valence electrons. The lowest BCUT2D eigenvalue weighted by Gasteiger charge is -2.23. The fourth-order valence-electron chi connectivity index (χ4n) is 1.65. The molecule has 4 nitrogen and oxygen atoms in total. The molecule has 0 radical (unpaired) electrons. The number of nitrogens with one attached hydrogen (secondary N) is 1. The van der Waals surface area contributed by atoms with Crippen molar-refractivity contribution in [1.29, 1.82) is 0 Å². The number of thioether (sulfide) groups is 1. The molecule has 0 aliphatic rings. The first-order valence-corrected chi connectivity index (χ1v) is 9.03. The van der Waals surface area contributed by atoms with Crippen molar-refractivity contribution in [3.05, 3.63) is 29.6 Å². The van der Waals surface area contributed by atoms with Crippen molar-refractivity contribution in [2.75, 3.05) is 18.6 Å². The van der Waals surface area contributed by atoms with E-state index in [9.17, 15) is 17.9 Å². The van der Waals surface area contributed by atoms with Gasteiger partial charge in [0.25, 0.3) is 0 Å². The first-order chi connectivity index (χ1) is 9.18. The van der Waals surface area contributed by atoms with Gasteiger partial charge in [0.05, 0.1) is 10.5 Å². The molecule has 2 N–H and O–H groups in total. The fraction of sp³-hybridized carbons (Fsp3) is 0.538. The smallest absolute Gasteiger partial charge is 0.240 e. The number of hydrogen-bond acceptors (Lipinski definition) is 4. The van der Waals surface area contributed by atoms with Crippen LogP contribution in [-0.4, -0.2) is 37.7 Å². The Morgan fingerprint density at radius 1 is 1.45 bits per heavy atom. The van der Waals surface area contributed by atoms with Crippen molar-refractivity contribution in [2.24, 2.45) is 0 Å². The van der Waals surface area contributed by atoms with Gasteiger partial charge in [0, 0.05) is 6.54 Å². The molecule has 1 atom stereocenters. The second-order valence-electron chi connectivity index (χ2n) is 4.97. The van der Waals surface area contributed by atoms with Gasteiger partial charge < -0.3 is 5.11 Å². The second-order valence-corrected chi connectivity index (χ2v) is 7.70. The minimum Gasteiger partial charge on any atom is -0.389 e. The van der Waals surface area contributed by atoms with Gasteiger partial charge in [-0.1, -0.05) is 0 Å². The fourth-order valence-corrected chi connectivity index (χ4v) is 3.68. The van der Waals surface area contributed by atoms with Crippen LogP contribution in [0.15, 0.2) is 23.1 Å². The minimum absolute atomic E-state index is 0.0274. The lowest BCUT2D eigenvalue weighted by atomic mass is 10.1. The van der Waals surface area contributed by atoms with Crippen LogP contribution >= 0.6 is 11.8 Å². The summed E-state index contributed by atoms with van der Waals surface area (Å²) in [5, 5.41) is 10.1. The Labute approximate surface area is 123 Å². The number of halogens is 1. The van der Waals surface area contributed by atoms with Crippen LogP contribution in [-0.2, 0) is 10.0 Å². The molecular formula is C13H20FNO3S2. The molecule has 0 fully saturated rings. The summed E-state index contributed by atoms with van der Waals surface area (Å²) in [6.45, 7) is 3.04. The van der Waals surface area contributed by atoms with Crippen molar-refractivity contribution < 1.29 is 17.9 Å². The van der Waals surface area contributed by atoms with Crippen molar-refractivity contribution in [2.45, 2.75) is 30.8 Å². The van der Waals surface area contributed by atoms with Gasteiger partial charge in [0.1, 0.15) is 5.82 Å². The number of sulfonamides is 1. The van der Waals surface area contributed by atoms with Gasteiger partial charge in [-0.25, -0.2) is 17.5 Å². The Morgan fingerprint density at radius 3 is 2.65 bits per heavy atom. The van der Waals surface area contributed by atoms with Gasteiger partial charge in [0.2, 0.25) is 10.0 Å². The lowest BCUT2D eigenvalue weighted by molar-refractivity contribution is 0.0626. The molecule has 0 unspecified atom stereocenters. The van der Waals surface area contributed by atoms with Crippen molar-refractivity contribution in [1.82, 2.24) is 4.72 Å². The molecule has 0 aliphatic heterocycles. The van der Waals surface area contributed by atoms with Crippen LogP contribution < -0.4 is 4.72 Å². The summed E-state index contributed by atoms with van der Waals surface area (Å²) in [6.07, 6.45) is 2.40. The quantitative estimate of drug-likeness (QED) is 0.805. The summed E-state index contributed by atoms with van der Waals surface area (Å²) in [5.41, 5.74) is -0.773. The van der Waals surface area contributed by atoms with E-state index in [4.69, 9.17) is 0 Å². The molecule has 0 aliphatic carbocycles. The SMILES string of the molecule is CSCC[C@](C)(O)CNS(=O)(=O)c1ccc(F)cc1C. The monoisotopic (exact) mass is 321 g/mol. The highest BCUT2D eigenvalue weighted by atomic mass is 32.2. The Kier molecular flexibility index (Phi) is 6.00. The number of aryl methyl sites for hydroxylation is 1. The van der Waals surface area contributed by atoms with Gasteiger partial charge in [-0.05, 0) is 56.0 Å². The highest BCUT2D eigenvalue weighted by Gasteiger charge is 2.24. The van der Waals surface area contributed by atoms with E-state index in [1.54, 1.807) is 18.7 Å². The number of benzene rings is 1. The summed E-state index contributed by atoms with van der Waals surface area (Å²) in [5.74, 6) is 0.262. The summed E-state index contributed by atoms with van der Waals surface area (Å²) < 4.78 is 39.6. The zero-order valence-corrected chi connectivity index (χ0v) is 13.4. The van der Waals surface area contributed by atoms with Crippen LogP contribution in [0.4, 0.5) is 4.39 Å². The predicted molar refractivity (Wildman–Crippen MR) is 79.9 cm³/mol. The van der Waals surface area contributed by atoms with Gasteiger partial charge >= 0.3 is 0 Å². The third kappa shape index (κ3) is 5.05. The van der Waals surface area contributed by atoms with Crippen molar-refractivity contribution in [3.63, 3.8) is 0 Å². The molecule has 0 saturated heterocycles. The minimum atomic E-state index is -3.75. The molecule has 0 bridgehead atoms. The normalized spacial score (nSPS) is 15.1. The number of aliphatic hydroxyl groups is 1. The molecule has 0 amide bonds. The van der Waals surface area contributed by atoms with Crippen molar-refractivity contribution >= 4 is 21.8 Å². The topological polar surface area (TPSA) is 66.4 Å². The summed E-state index contributed by atoms with van der Waals surface area (Å²) in [4.78, 5) is 0.0274. The maximum absolute atomic E-state index is 13.0. The Bertz CT molecular complexity index is 559. The summed E-state index contributed by atoms with van der Waals surface area (Å²) in [6, 6.07) is 3.50. The number of rotatable bonds is 7. The van der Waals surface area contributed by atoms with Gasteiger partial charge in [0.15, 0.2) is 0 Å². The van der Waals surface area contributed by atoms with Crippen LogP contribution in [0.3, 0.4) is 0 Å². The predicted octanol–water partition coefficient (Wildman–Crippen LogP) is 1.92. The lowest BCUT2D eigenvalue weighted by Crippen LogP contribution is -2.41. The van der Waals surface area contributed by atoms with Crippen LogP contribution in [0, 0.1) is 12.7 Å². The largest absolute Gasteiger partial charge is 0.389 e. The maximum Gasteiger partial charge on any atom is 0.240 e. The summed E-state index contributed by atoms with van der Waals surface area (Å²) in [7, 11) is -3.75. The zero-order chi connectivity index (χ0) is 15.4. The molecule has 0 saturated carbocycles. The first kappa shape index (κ1) is 17.4. The highest BCUT2D eigenvalue weighted by Crippen LogP contribution is 2.17. The maximum atomic E-state index is 13.0. The first-order valence-electron chi connectivity index (χ1n) is 6.15. The van der Waals surface area contributed by atoms with E-state index in [1.807, 2.05) is 6.26 Å². The van der Waals surface area contributed by atoms with Crippen LogP contribution in [0.25, 0.3) is 0 Å². The Balaban J connectivity index is 2.80. The third-order valence-electron chi connectivity index (χ3n) is 2.91. The molecule has 0 heterocycles. The molecule has 20 heavy (non-hydrogen) atoms. The number of hydrogen-bond donors (Lipinski definition) is 2. The van der Waals surface area contributed by atoms with Gasteiger partial charge in [-0.15, -0.1) is 0 Å². The molecule has 1 rings (SSSR count). The highest BCUT2D eigenvalue weighted by molar-refractivity contribution is 7.98. The van der Waals surface area contributed by atoms with E-state index in [0.29, 0.717) is 12.0 Å². The van der Waals surface area contributed by atoms with Gasteiger partial charge in [-0.3, -0.25) is 0 Å². The van der Waals surface area contributed by atoms with E-state index >= 15 is 0 Å². The molecule has 1 aromatic rings. The molecule has 0 spiro atoms. The zero-order valence-electron chi connectivity index (χ0n) is 11.8. The third-order valence-corrected chi connectivity index (χ3v) is 5.09. The molecule has 0 aromatic heterocycles. The van der Waals surface area contributed by atoms with Crippen LogP contribution in [0.2, 0.25) is 0 Å². The molecular weight excluding hydrogens is 301 g/mol.